The highest BCUT2D eigenvalue weighted by Gasteiger charge is 2.31. The molecule has 3 atom stereocenters. The van der Waals surface area contributed by atoms with Gasteiger partial charge in [-0.3, -0.25) is 0 Å². The lowest BCUT2D eigenvalue weighted by Gasteiger charge is -2.28. The first kappa shape index (κ1) is 10.4. The highest BCUT2D eigenvalue weighted by molar-refractivity contribution is 4.86. The monoisotopic (exact) mass is 196 g/mol. The zero-order valence-corrected chi connectivity index (χ0v) is 9.87. The van der Waals surface area contributed by atoms with E-state index in [1.165, 1.54) is 38.9 Å². The summed E-state index contributed by atoms with van der Waals surface area (Å²) in [5, 5.41) is 0. The van der Waals surface area contributed by atoms with Gasteiger partial charge in [0.15, 0.2) is 0 Å². The lowest BCUT2D eigenvalue weighted by atomic mass is 10.0. The number of likely N-dealkylation sites (tertiary alicyclic amines) is 2. The third kappa shape index (κ3) is 1.96. The van der Waals surface area contributed by atoms with Crippen molar-refractivity contribution in [2.45, 2.75) is 45.2 Å². The Morgan fingerprint density at radius 1 is 1.14 bits per heavy atom. The Kier molecular flexibility index (Phi) is 3.13. The van der Waals surface area contributed by atoms with Crippen LogP contribution in [0.4, 0.5) is 0 Å². The fraction of sp³-hybridized carbons (Fsp3) is 1.00. The van der Waals surface area contributed by atoms with E-state index in [0.717, 1.165) is 18.0 Å². The second kappa shape index (κ2) is 4.19. The third-order valence-electron chi connectivity index (χ3n) is 4.39. The van der Waals surface area contributed by atoms with Crippen LogP contribution in [0.1, 0.15) is 33.1 Å². The summed E-state index contributed by atoms with van der Waals surface area (Å²) < 4.78 is 0. The Morgan fingerprint density at radius 3 is 2.43 bits per heavy atom. The Balaban J connectivity index is 1.85. The van der Waals surface area contributed by atoms with Gasteiger partial charge in [-0.25, -0.2) is 0 Å². The van der Waals surface area contributed by atoms with Crippen molar-refractivity contribution in [2.24, 2.45) is 5.92 Å². The molecule has 0 aromatic rings. The summed E-state index contributed by atoms with van der Waals surface area (Å²) in [6.45, 7) is 8.75. The van der Waals surface area contributed by atoms with Crippen LogP contribution in [-0.2, 0) is 0 Å². The molecular weight excluding hydrogens is 172 g/mol. The average Bonchev–Trinajstić information content (AvgIpc) is 2.68. The number of rotatable bonds is 2. The number of hydrogen-bond acceptors (Lipinski definition) is 2. The van der Waals surface area contributed by atoms with Crippen molar-refractivity contribution >= 4 is 0 Å². The van der Waals surface area contributed by atoms with Gasteiger partial charge in [0.1, 0.15) is 0 Å². The van der Waals surface area contributed by atoms with E-state index in [9.17, 15) is 0 Å². The summed E-state index contributed by atoms with van der Waals surface area (Å²) in [6.07, 6.45) is 4.23. The Bertz CT molecular complexity index is 193. The van der Waals surface area contributed by atoms with E-state index >= 15 is 0 Å². The zero-order valence-electron chi connectivity index (χ0n) is 9.87. The van der Waals surface area contributed by atoms with Gasteiger partial charge in [0.2, 0.25) is 0 Å². The van der Waals surface area contributed by atoms with Crippen LogP contribution < -0.4 is 0 Å². The van der Waals surface area contributed by atoms with Gasteiger partial charge >= 0.3 is 0 Å². The molecule has 2 heterocycles. The van der Waals surface area contributed by atoms with Gasteiger partial charge in [0.05, 0.1) is 0 Å². The molecule has 0 aliphatic carbocycles. The van der Waals surface area contributed by atoms with Gasteiger partial charge in [-0.05, 0) is 59.2 Å². The topological polar surface area (TPSA) is 6.48 Å². The van der Waals surface area contributed by atoms with E-state index < -0.39 is 0 Å². The van der Waals surface area contributed by atoms with Gasteiger partial charge in [0.25, 0.3) is 0 Å². The highest BCUT2D eigenvalue weighted by Crippen LogP contribution is 2.26. The van der Waals surface area contributed by atoms with Crippen LogP contribution in [0.15, 0.2) is 0 Å². The van der Waals surface area contributed by atoms with E-state index in [4.69, 9.17) is 0 Å². The third-order valence-corrected chi connectivity index (χ3v) is 4.39. The molecule has 0 amide bonds. The van der Waals surface area contributed by atoms with Crippen LogP contribution in [0.2, 0.25) is 0 Å². The van der Waals surface area contributed by atoms with E-state index in [-0.39, 0.29) is 0 Å². The van der Waals surface area contributed by atoms with E-state index in [2.05, 4.69) is 30.7 Å². The van der Waals surface area contributed by atoms with E-state index in [1.807, 2.05) is 0 Å². The summed E-state index contributed by atoms with van der Waals surface area (Å²) in [4.78, 5) is 5.20. The molecule has 2 aliphatic heterocycles. The molecule has 0 spiro atoms. The Morgan fingerprint density at radius 2 is 1.93 bits per heavy atom. The van der Waals surface area contributed by atoms with Crippen LogP contribution >= 0.6 is 0 Å². The Labute approximate surface area is 88.3 Å². The van der Waals surface area contributed by atoms with E-state index in [0.29, 0.717) is 0 Å². The van der Waals surface area contributed by atoms with Gasteiger partial charge in [-0.2, -0.15) is 0 Å². The average molecular weight is 196 g/mol. The normalized spacial score (nSPS) is 40.9. The predicted octanol–water partition coefficient (Wildman–Crippen LogP) is 1.81. The van der Waals surface area contributed by atoms with Crippen LogP contribution in [0.5, 0.6) is 0 Å². The van der Waals surface area contributed by atoms with Crippen molar-refractivity contribution in [3.63, 3.8) is 0 Å². The number of hydrogen-bond donors (Lipinski definition) is 0. The van der Waals surface area contributed by atoms with Crippen molar-refractivity contribution in [3.8, 4) is 0 Å². The smallest absolute Gasteiger partial charge is 0.0105 e. The number of nitrogens with zero attached hydrogens (tertiary/aromatic N) is 2. The standard InChI is InChI=1S/C12H24N2/c1-10-5-4-7-14(10)9-12-6-8-13(3)11(12)2/h10-12H,4-9H2,1-3H3. The molecule has 0 aromatic carbocycles. The molecule has 82 valence electrons. The van der Waals surface area contributed by atoms with Crippen molar-refractivity contribution in [1.29, 1.82) is 0 Å². The summed E-state index contributed by atoms with van der Waals surface area (Å²) in [5.41, 5.74) is 0. The fourth-order valence-electron chi connectivity index (χ4n) is 2.98. The van der Waals surface area contributed by atoms with Crippen LogP contribution in [-0.4, -0.2) is 48.6 Å². The van der Waals surface area contributed by atoms with Crippen molar-refractivity contribution in [1.82, 2.24) is 9.80 Å². The highest BCUT2D eigenvalue weighted by atomic mass is 15.2. The minimum absolute atomic E-state index is 0.794. The molecule has 2 aliphatic rings. The minimum Gasteiger partial charge on any atom is -0.303 e. The molecule has 0 N–H and O–H groups in total. The van der Waals surface area contributed by atoms with Gasteiger partial charge in [-0.15, -0.1) is 0 Å². The minimum atomic E-state index is 0.794. The van der Waals surface area contributed by atoms with Crippen molar-refractivity contribution in [3.05, 3.63) is 0 Å². The molecule has 0 aromatic heterocycles. The quantitative estimate of drug-likeness (QED) is 0.664. The molecule has 2 saturated heterocycles. The van der Waals surface area contributed by atoms with Crippen LogP contribution in [0, 0.1) is 5.92 Å². The summed E-state index contributed by atoms with van der Waals surface area (Å²) >= 11 is 0. The molecule has 0 bridgehead atoms. The second-order valence-electron chi connectivity index (χ2n) is 5.26. The van der Waals surface area contributed by atoms with Crippen LogP contribution in [0.25, 0.3) is 0 Å². The van der Waals surface area contributed by atoms with Gasteiger partial charge in [-0.1, -0.05) is 0 Å². The van der Waals surface area contributed by atoms with E-state index in [1.54, 1.807) is 0 Å². The molecular formula is C12H24N2. The molecule has 2 heteroatoms. The first-order valence-corrected chi connectivity index (χ1v) is 6.13. The van der Waals surface area contributed by atoms with Crippen LogP contribution in [0.3, 0.4) is 0 Å². The first-order chi connectivity index (χ1) is 6.68. The SMILES string of the molecule is CC1C(CN2CCCC2C)CCN1C. The Hall–Kier alpha value is -0.0800. The first-order valence-electron chi connectivity index (χ1n) is 6.13. The molecule has 14 heavy (non-hydrogen) atoms. The van der Waals surface area contributed by atoms with Gasteiger partial charge in [0, 0.05) is 18.6 Å². The summed E-state index contributed by atoms with van der Waals surface area (Å²) in [7, 11) is 2.26. The molecule has 2 fully saturated rings. The molecule has 2 nitrogen and oxygen atoms in total. The maximum absolute atomic E-state index is 2.69. The molecule has 3 unspecified atom stereocenters. The second-order valence-corrected chi connectivity index (χ2v) is 5.26. The molecule has 0 saturated carbocycles. The predicted molar refractivity (Wildman–Crippen MR) is 60.5 cm³/mol. The van der Waals surface area contributed by atoms with Crippen molar-refractivity contribution < 1.29 is 0 Å². The van der Waals surface area contributed by atoms with Gasteiger partial charge < -0.3 is 9.80 Å². The largest absolute Gasteiger partial charge is 0.303 e. The summed E-state index contributed by atoms with van der Waals surface area (Å²) in [5.74, 6) is 0.917. The lowest BCUT2D eigenvalue weighted by molar-refractivity contribution is 0.196. The maximum atomic E-state index is 2.69. The maximum Gasteiger partial charge on any atom is 0.0105 e. The lowest BCUT2D eigenvalue weighted by Crippen LogP contribution is -2.36. The summed E-state index contributed by atoms with van der Waals surface area (Å²) in [6, 6.07) is 1.64. The van der Waals surface area contributed by atoms with Crippen molar-refractivity contribution in [2.75, 3.05) is 26.7 Å². The molecule has 0 radical (unpaired) electrons. The fourth-order valence-corrected chi connectivity index (χ4v) is 2.98. The zero-order chi connectivity index (χ0) is 10.1. The molecule has 2 rings (SSSR count).